The van der Waals surface area contributed by atoms with Gasteiger partial charge in [0.2, 0.25) is 0 Å². The predicted molar refractivity (Wildman–Crippen MR) is 133 cm³/mol. The second-order valence-corrected chi connectivity index (χ2v) is 8.01. The number of fused-ring (bicyclic) bond motifs is 1. The predicted octanol–water partition coefficient (Wildman–Crippen LogP) is 4.38. The van der Waals surface area contributed by atoms with Crippen LogP contribution in [0.15, 0.2) is 94.1 Å². The molecule has 0 saturated heterocycles. The first-order valence-electron chi connectivity index (χ1n) is 11.3. The van der Waals surface area contributed by atoms with Crippen molar-refractivity contribution < 1.29 is 28.2 Å². The third-order valence-electron chi connectivity index (χ3n) is 5.48. The second kappa shape index (κ2) is 11.7. The summed E-state index contributed by atoms with van der Waals surface area (Å²) >= 11 is 0. The first-order chi connectivity index (χ1) is 17.5. The number of alkyl carbamates (subject to hydrolysis) is 1. The number of methoxy groups -OCH3 is 1. The molecule has 0 aliphatic carbocycles. The summed E-state index contributed by atoms with van der Waals surface area (Å²) < 4.78 is 21.2. The Morgan fingerprint density at radius 2 is 1.56 bits per heavy atom. The summed E-state index contributed by atoms with van der Waals surface area (Å²) in [5.74, 6) is -0.133. The van der Waals surface area contributed by atoms with Gasteiger partial charge in [-0.2, -0.15) is 0 Å². The van der Waals surface area contributed by atoms with Crippen molar-refractivity contribution in [3.63, 3.8) is 0 Å². The lowest BCUT2D eigenvalue weighted by Crippen LogP contribution is -2.43. The molecular formula is C28H25NO7. The topological polar surface area (TPSA) is 104 Å². The van der Waals surface area contributed by atoms with Crippen LogP contribution in [0.5, 0.6) is 5.75 Å². The Labute approximate surface area is 207 Å². The highest BCUT2D eigenvalue weighted by molar-refractivity contribution is 5.83. The van der Waals surface area contributed by atoms with Crippen LogP contribution < -0.4 is 15.7 Å². The Kier molecular flexibility index (Phi) is 7.97. The third kappa shape index (κ3) is 6.50. The van der Waals surface area contributed by atoms with Gasteiger partial charge in [0.15, 0.2) is 0 Å². The molecule has 4 aromatic rings. The maximum absolute atomic E-state index is 13.0. The number of rotatable bonds is 9. The number of hydrogen-bond donors (Lipinski definition) is 1. The standard InChI is InChI=1S/C28H25NO7/c1-33-22-12-13-23-21(15-26(30)36-25(23)16-22)18-34-27(31)24(14-19-8-4-2-5-9-19)29-28(32)35-17-20-10-6-3-7-11-20/h2-13,15-16,24H,14,17-18H2,1H3,(H,29,32). The zero-order valence-corrected chi connectivity index (χ0v) is 19.6. The number of ether oxygens (including phenoxy) is 3. The van der Waals surface area contributed by atoms with Gasteiger partial charge in [-0.3, -0.25) is 0 Å². The second-order valence-electron chi connectivity index (χ2n) is 8.01. The summed E-state index contributed by atoms with van der Waals surface area (Å²) in [6.45, 7) is -0.117. The average molecular weight is 488 g/mol. The van der Waals surface area contributed by atoms with Crippen molar-refractivity contribution in [1.82, 2.24) is 5.32 Å². The molecular weight excluding hydrogens is 462 g/mol. The maximum atomic E-state index is 13.0. The minimum atomic E-state index is -0.998. The molecule has 4 rings (SSSR count). The number of benzene rings is 3. The maximum Gasteiger partial charge on any atom is 0.408 e. The van der Waals surface area contributed by atoms with Crippen LogP contribution in [0.25, 0.3) is 11.0 Å². The Hall–Kier alpha value is -4.59. The molecule has 3 aromatic carbocycles. The van der Waals surface area contributed by atoms with Gasteiger partial charge in [-0.25, -0.2) is 14.4 Å². The molecule has 0 radical (unpaired) electrons. The molecule has 8 nitrogen and oxygen atoms in total. The molecule has 1 amide bonds. The zero-order chi connectivity index (χ0) is 25.3. The van der Waals surface area contributed by atoms with E-state index in [4.69, 9.17) is 18.6 Å². The van der Waals surface area contributed by atoms with Crippen molar-refractivity contribution in [2.45, 2.75) is 25.7 Å². The molecule has 1 unspecified atom stereocenters. The van der Waals surface area contributed by atoms with Crippen LogP contribution in [-0.4, -0.2) is 25.2 Å². The number of carbonyl (C=O) groups is 2. The smallest absolute Gasteiger partial charge is 0.408 e. The Balaban J connectivity index is 1.47. The van der Waals surface area contributed by atoms with Crippen LogP contribution in [0, 0.1) is 0 Å². The molecule has 184 valence electrons. The molecule has 36 heavy (non-hydrogen) atoms. The number of hydrogen-bond acceptors (Lipinski definition) is 7. The van der Waals surface area contributed by atoms with Crippen molar-refractivity contribution in [2.75, 3.05) is 7.11 Å². The van der Waals surface area contributed by atoms with E-state index >= 15 is 0 Å². The van der Waals surface area contributed by atoms with E-state index < -0.39 is 23.7 Å². The highest BCUT2D eigenvalue weighted by Gasteiger charge is 2.24. The van der Waals surface area contributed by atoms with Gasteiger partial charge < -0.3 is 23.9 Å². The molecule has 0 bridgehead atoms. The lowest BCUT2D eigenvalue weighted by atomic mass is 10.1. The minimum Gasteiger partial charge on any atom is -0.497 e. The Morgan fingerprint density at radius 1 is 0.861 bits per heavy atom. The molecule has 1 N–H and O–H groups in total. The number of nitrogens with one attached hydrogen (secondary N) is 1. The lowest BCUT2D eigenvalue weighted by molar-refractivity contribution is -0.147. The zero-order valence-electron chi connectivity index (χ0n) is 19.6. The molecule has 0 saturated carbocycles. The van der Waals surface area contributed by atoms with Gasteiger partial charge in [0.25, 0.3) is 0 Å². The monoisotopic (exact) mass is 487 g/mol. The third-order valence-corrected chi connectivity index (χ3v) is 5.48. The van der Waals surface area contributed by atoms with Crippen LogP contribution in [0.3, 0.4) is 0 Å². The van der Waals surface area contributed by atoms with Crippen LogP contribution in [0.1, 0.15) is 16.7 Å². The molecule has 8 heteroatoms. The lowest BCUT2D eigenvalue weighted by Gasteiger charge is -2.18. The quantitative estimate of drug-likeness (QED) is 0.276. The fourth-order valence-corrected chi connectivity index (χ4v) is 3.66. The summed E-state index contributed by atoms with van der Waals surface area (Å²) in [6.07, 6.45) is -0.538. The SMILES string of the molecule is COc1ccc2c(COC(=O)C(Cc3ccccc3)NC(=O)OCc3ccccc3)cc(=O)oc2c1. The summed E-state index contributed by atoms with van der Waals surface area (Å²) in [5.41, 5.74) is 1.87. The van der Waals surface area contributed by atoms with Gasteiger partial charge >= 0.3 is 17.7 Å². The minimum absolute atomic E-state index is 0.0645. The molecule has 0 fully saturated rings. The first kappa shape index (κ1) is 24.5. The van der Waals surface area contributed by atoms with E-state index in [1.807, 2.05) is 60.7 Å². The van der Waals surface area contributed by atoms with E-state index in [1.54, 1.807) is 18.2 Å². The van der Waals surface area contributed by atoms with Gasteiger partial charge in [-0.15, -0.1) is 0 Å². The molecule has 0 aliphatic rings. The normalized spacial score (nSPS) is 11.5. The van der Waals surface area contributed by atoms with Crippen molar-refractivity contribution in [3.05, 3.63) is 112 Å². The van der Waals surface area contributed by atoms with Gasteiger partial charge in [-0.05, 0) is 23.3 Å². The van der Waals surface area contributed by atoms with E-state index in [2.05, 4.69) is 5.32 Å². The molecule has 1 atom stereocenters. The van der Waals surface area contributed by atoms with Gasteiger partial charge in [0.1, 0.15) is 30.6 Å². The fourth-order valence-electron chi connectivity index (χ4n) is 3.66. The number of amides is 1. The molecule has 1 aromatic heterocycles. The van der Waals surface area contributed by atoms with Crippen molar-refractivity contribution >= 4 is 23.0 Å². The van der Waals surface area contributed by atoms with E-state index in [1.165, 1.54) is 13.2 Å². The highest BCUT2D eigenvalue weighted by Crippen LogP contribution is 2.23. The van der Waals surface area contributed by atoms with E-state index in [9.17, 15) is 14.4 Å². The summed E-state index contributed by atoms with van der Waals surface area (Å²) in [6, 6.07) is 23.8. The van der Waals surface area contributed by atoms with Crippen LogP contribution in [0.2, 0.25) is 0 Å². The Morgan fingerprint density at radius 3 is 2.25 bits per heavy atom. The van der Waals surface area contributed by atoms with Gasteiger partial charge in [0.05, 0.1) is 7.11 Å². The fraction of sp³-hybridized carbons (Fsp3) is 0.179. The van der Waals surface area contributed by atoms with Gasteiger partial charge in [-0.1, -0.05) is 60.7 Å². The largest absolute Gasteiger partial charge is 0.497 e. The average Bonchev–Trinajstić information content (AvgIpc) is 2.90. The summed E-state index contributed by atoms with van der Waals surface area (Å²) in [4.78, 5) is 37.5. The van der Waals surface area contributed by atoms with E-state index in [0.29, 0.717) is 22.3 Å². The van der Waals surface area contributed by atoms with E-state index in [-0.39, 0.29) is 19.6 Å². The van der Waals surface area contributed by atoms with E-state index in [0.717, 1.165) is 11.1 Å². The summed E-state index contributed by atoms with van der Waals surface area (Å²) in [5, 5.41) is 3.21. The highest BCUT2D eigenvalue weighted by atomic mass is 16.6. The van der Waals surface area contributed by atoms with Gasteiger partial charge in [0, 0.05) is 29.5 Å². The number of carbonyl (C=O) groups excluding carboxylic acids is 2. The first-order valence-corrected chi connectivity index (χ1v) is 11.3. The Bertz CT molecular complexity index is 1380. The number of esters is 1. The summed E-state index contributed by atoms with van der Waals surface area (Å²) in [7, 11) is 1.51. The van der Waals surface area contributed by atoms with Crippen LogP contribution in [-0.2, 0) is 33.9 Å². The molecule has 1 heterocycles. The van der Waals surface area contributed by atoms with Crippen molar-refractivity contribution in [3.8, 4) is 5.75 Å². The van der Waals surface area contributed by atoms with Crippen molar-refractivity contribution in [2.24, 2.45) is 0 Å². The van der Waals surface area contributed by atoms with Crippen LogP contribution in [0.4, 0.5) is 4.79 Å². The van der Waals surface area contributed by atoms with Crippen LogP contribution >= 0.6 is 0 Å². The molecule has 0 aliphatic heterocycles. The molecule has 0 spiro atoms. The van der Waals surface area contributed by atoms with Crippen molar-refractivity contribution in [1.29, 1.82) is 0 Å².